The largest absolute Gasteiger partial charge is 0.406 e. The van der Waals surface area contributed by atoms with Crippen LogP contribution in [-0.4, -0.2) is 35.6 Å². The molecule has 0 aliphatic rings. The normalized spacial score (nSPS) is 11.7. The van der Waals surface area contributed by atoms with Crippen LogP contribution >= 0.6 is 0 Å². The summed E-state index contributed by atoms with van der Waals surface area (Å²) in [7, 11) is 1.11. The number of hydrogen-bond donors (Lipinski definition) is 0. The number of alkyl halides is 3. The molecule has 1 rings (SSSR count). The minimum absolute atomic E-state index is 0.0351. The van der Waals surface area contributed by atoms with Crippen LogP contribution in [0.3, 0.4) is 0 Å². The Morgan fingerprint density at radius 1 is 1.39 bits per heavy atom. The molecule has 0 aliphatic carbocycles. The lowest BCUT2D eigenvalue weighted by Crippen LogP contribution is -2.36. The summed E-state index contributed by atoms with van der Waals surface area (Å²) in [5.74, 6) is -0.611. The Hall–Kier alpha value is -1.59. The zero-order valence-corrected chi connectivity index (χ0v) is 10.5. The van der Waals surface area contributed by atoms with E-state index in [0.29, 0.717) is 10.6 Å². The molecule has 6 heteroatoms. The maximum atomic E-state index is 12.2. The van der Waals surface area contributed by atoms with Gasteiger partial charge in [0.15, 0.2) is 0 Å². The summed E-state index contributed by atoms with van der Waals surface area (Å²) in [5, 5.41) is 0. The molecule has 1 amide bonds. The molecule has 0 N–H and O–H groups in total. The second-order valence-corrected chi connectivity index (χ2v) is 4.38. The van der Waals surface area contributed by atoms with Crippen LogP contribution in [0.5, 0.6) is 0 Å². The first-order chi connectivity index (χ1) is 8.20. The number of halogens is 3. The summed E-state index contributed by atoms with van der Waals surface area (Å²) in [6.45, 7) is 2.52. The number of pyridine rings is 1. The van der Waals surface area contributed by atoms with Crippen LogP contribution in [-0.2, 0) is 0 Å². The standard InChI is InChI=1S/C12H15F3N2O/c1-8(2)9-5-4-6-10(16-9)11(18)17(3)7-12(13,14)15/h4-6,8H,7H2,1-3H3. The second-order valence-electron chi connectivity index (χ2n) is 4.38. The fourth-order valence-electron chi connectivity index (χ4n) is 1.43. The smallest absolute Gasteiger partial charge is 0.331 e. The summed E-state index contributed by atoms with van der Waals surface area (Å²) in [6.07, 6.45) is -4.40. The molecule has 0 aromatic carbocycles. The molecule has 3 nitrogen and oxygen atoms in total. The predicted octanol–water partition coefficient (Wildman–Crippen LogP) is 2.84. The fourth-order valence-corrected chi connectivity index (χ4v) is 1.43. The number of nitrogens with zero attached hydrogens (tertiary/aromatic N) is 2. The molecule has 0 fully saturated rings. The van der Waals surface area contributed by atoms with Crippen LogP contribution < -0.4 is 0 Å². The molecule has 0 radical (unpaired) electrons. The van der Waals surface area contributed by atoms with Crippen LogP contribution in [0.4, 0.5) is 13.2 Å². The topological polar surface area (TPSA) is 33.2 Å². The average molecular weight is 260 g/mol. The van der Waals surface area contributed by atoms with Gasteiger partial charge >= 0.3 is 6.18 Å². The zero-order chi connectivity index (χ0) is 13.9. The maximum Gasteiger partial charge on any atom is 0.406 e. The Morgan fingerprint density at radius 3 is 2.50 bits per heavy atom. The molecule has 0 saturated carbocycles. The van der Waals surface area contributed by atoms with Crippen LogP contribution in [0, 0.1) is 0 Å². The van der Waals surface area contributed by atoms with Gasteiger partial charge in [0, 0.05) is 12.7 Å². The SMILES string of the molecule is CC(C)c1cccc(C(=O)N(C)CC(F)(F)F)n1. The molecule has 0 spiro atoms. The number of rotatable bonds is 3. The van der Waals surface area contributed by atoms with Crippen molar-refractivity contribution in [3.8, 4) is 0 Å². The van der Waals surface area contributed by atoms with E-state index in [2.05, 4.69) is 4.98 Å². The molecule has 100 valence electrons. The Morgan fingerprint density at radius 2 is 2.00 bits per heavy atom. The molecular weight excluding hydrogens is 245 g/mol. The van der Waals surface area contributed by atoms with Crippen molar-refractivity contribution in [1.82, 2.24) is 9.88 Å². The van der Waals surface area contributed by atoms with Crippen molar-refractivity contribution < 1.29 is 18.0 Å². The second kappa shape index (κ2) is 5.37. The Labute approximate surface area is 104 Å². The summed E-state index contributed by atoms with van der Waals surface area (Å²) in [5.41, 5.74) is 0.717. The Kier molecular flexibility index (Phi) is 4.32. The maximum absolute atomic E-state index is 12.2. The molecular formula is C12H15F3N2O. The first-order valence-electron chi connectivity index (χ1n) is 5.50. The van der Waals surface area contributed by atoms with Crippen molar-refractivity contribution in [3.05, 3.63) is 29.6 Å². The number of amides is 1. The molecule has 0 bridgehead atoms. The summed E-state index contributed by atoms with van der Waals surface area (Å²) >= 11 is 0. The van der Waals surface area contributed by atoms with E-state index in [9.17, 15) is 18.0 Å². The van der Waals surface area contributed by atoms with Gasteiger partial charge < -0.3 is 4.90 Å². The molecule has 0 aliphatic heterocycles. The molecule has 0 saturated heterocycles. The number of aromatic nitrogens is 1. The van der Waals surface area contributed by atoms with Crippen LogP contribution in [0.2, 0.25) is 0 Å². The monoisotopic (exact) mass is 260 g/mol. The van der Waals surface area contributed by atoms with Crippen molar-refractivity contribution in [2.75, 3.05) is 13.6 Å². The quantitative estimate of drug-likeness (QED) is 0.837. The minimum atomic E-state index is -4.40. The summed E-state index contributed by atoms with van der Waals surface area (Å²) in [6, 6.07) is 4.78. The molecule has 0 unspecified atom stereocenters. The highest BCUT2D eigenvalue weighted by Gasteiger charge is 2.31. The third kappa shape index (κ3) is 4.01. The van der Waals surface area contributed by atoms with Crippen molar-refractivity contribution in [2.45, 2.75) is 25.9 Å². The van der Waals surface area contributed by atoms with Crippen LogP contribution in [0.25, 0.3) is 0 Å². The molecule has 1 aromatic heterocycles. The first kappa shape index (κ1) is 14.5. The highest BCUT2D eigenvalue weighted by Crippen LogP contribution is 2.17. The van der Waals surface area contributed by atoms with Crippen molar-refractivity contribution in [2.24, 2.45) is 0 Å². The Balaban J connectivity index is 2.87. The lowest BCUT2D eigenvalue weighted by Gasteiger charge is -2.18. The third-order valence-corrected chi connectivity index (χ3v) is 2.34. The van der Waals surface area contributed by atoms with Gasteiger partial charge in [-0.3, -0.25) is 4.79 Å². The van der Waals surface area contributed by atoms with Gasteiger partial charge in [0.2, 0.25) is 0 Å². The third-order valence-electron chi connectivity index (χ3n) is 2.34. The van der Waals surface area contributed by atoms with Crippen molar-refractivity contribution >= 4 is 5.91 Å². The molecule has 1 aromatic rings. The van der Waals surface area contributed by atoms with E-state index in [0.717, 1.165) is 7.05 Å². The lowest BCUT2D eigenvalue weighted by atomic mass is 10.1. The van der Waals surface area contributed by atoms with Gasteiger partial charge in [-0.15, -0.1) is 0 Å². The zero-order valence-electron chi connectivity index (χ0n) is 10.5. The van der Waals surface area contributed by atoms with Crippen LogP contribution in [0.15, 0.2) is 18.2 Å². The van der Waals surface area contributed by atoms with Gasteiger partial charge in [-0.05, 0) is 18.1 Å². The van der Waals surface area contributed by atoms with E-state index in [1.54, 1.807) is 12.1 Å². The Bertz CT molecular complexity index is 430. The van der Waals surface area contributed by atoms with Gasteiger partial charge in [-0.2, -0.15) is 13.2 Å². The number of hydrogen-bond acceptors (Lipinski definition) is 2. The van der Waals surface area contributed by atoms with E-state index >= 15 is 0 Å². The predicted molar refractivity (Wildman–Crippen MR) is 61.3 cm³/mol. The summed E-state index contributed by atoms with van der Waals surface area (Å²) in [4.78, 5) is 16.4. The van der Waals surface area contributed by atoms with Crippen molar-refractivity contribution in [3.63, 3.8) is 0 Å². The lowest BCUT2D eigenvalue weighted by molar-refractivity contribution is -0.138. The average Bonchev–Trinajstić information content (AvgIpc) is 2.26. The number of carbonyl (C=O) groups excluding carboxylic acids is 1. The van der Waals surface area contributed by atoms with Gasteiger partial charge in [0.1, 0.15) is 12.2 Å². The van der Waals surface area contributed by atoms with Gasteiger partial charge in [0.25, 0.3) is 5.91 Å². The molecule has 1 heterocycles. The molecule has 0 atom stereocenters. The van der Waals surface area contributed by atoms with Gasteiger partial charge in [-0.1, -0.05) is 19.9 Å². The minimum Gasteiger partial charge on any atom is -0.331 e. The number of carbonyl (C=O) groups is 1. The van der Waals surface area contributed by atoms with Gasteiger partial charge in [0.05, 0.1) is 0 Å². The summed E-state index contributed by atoms with van der Waals surface area (Å²) < 4.78 is 36.5. The highest BCUT2D eigenvalue weighted by atomic mass is 19.4. The van der Waals surface area contributed by atoms with E-state index in [4.69, 9.17) is 0 Å². The highest BCUT2D eigenvalue weighted by molar-refractivity contribution is 5.92. The van der Waals surface area contributed by atoms with E-state index in [1.807, 2.05) is 13.8 Å². The van der Waals surface area contributed by atoms with Crippen LogP contribution in [0.1, 0.15) is 35.9 Å². The fraction of sp³-hybridized carbons (Fsp3) is 0.500. The van der Waals surface area contributed by atoms with E-state index in [1.165, 1.54) is 6.07 Å². The van der Waals surface area contributed by atoms with E-state index in [-0.39, 0.29) is 11.6 Å². The van der Waals surface area contributed by atoms with Crippen molar-refractivity contribution in [1.29, 1.82) is 0 Å². The van der Waals surface area contributed by atoms with E-state index < -0.39 is 18.6 Å². The first-order valence-corrected chi connectivity index (χ1v) is 5.50. The molecule has 18 heavy (non-hydrogen) atoms. The van der Waals surface area contributed by atoms with Gasteiger partial charge in [-0.25, -0.2) is 4.98 Å².